The molecule has 0 radical (unpaired) electrons. The van der Waals surface area contributed by atoms with E-state index in [1.165, 1.54) is 6.42 Å². The van der Waals surface area contributed by atoms with Crippen LogP contribution >= 0.6 is 0 Å². The van der Waals surface area contributed by atoms with E-state index in [-0.39, 0.29) is 17.9 Å². The summed E-state index contributed by atoms with van der Waals surface area (Å²) in [7, 11) is 0. The number of nitrogens with zero attached hydrogens (tertiary/aromatic N) is 2. The number of likely N-dealkylation sites (tertiary alicyclic amines) is 2. The van der Waals surface area contributed by atoms with Crippen molar-refractivity contribution in [3.05, 3.63) is 0 Å². The number of amides is 2. The number of rotatable bonds is 1. The largest absolute Gasteiger partial charge is 0.444 e. The van der Waals surface area contributed by atoms with Crippen LogP contribution < -0.4 is 0 Å². The summed E-state index contributed by atoms with van der Waals surface area (Å²) in [5.74, 6) is 0.173. The number of hydrogen-bond donors (Lipinski definition) is 0. The highest BCUT2D eigenvalue weighted by Crippen LogP contribution is 2.22. The van der Waals surface area contributed by atoms with Crippen LogP contribution in [0, 0.1) is 5.92 Å². The molecule has 0 N–H and O–H groups in total. The molecule has 2 amide bonds. The summed E-state index contributed by atoms with van der Waals surface area (Å²) >= 11 is 0. The van der Waals surface area contributed by atoms with Gasteiger partial charge in [0.25, 0.3) is 0 Å². The molecule has 120 valence electrons. The van der Waals surface area contributed by atoms with E-state index in [0.717, 1.165) is 38.8 Å². The predicted molar refractivity (Wildman–Crippen MR) is 81.0 cm³/mol. The van der Waals surface area contributed by atoms with Crippen molar-refractivity contribution in [1.29, 1.82) is 0 Å². The van der Waals surface area contributed by atoms with Crippen molar-refractivity contribution in [3.63, 3.8) is 0 Å². The first-order valence-electron chi connectivity index (χ1n) is 8.13. The van der Waals surface area contributed by atoms with Gasteiger partial charge < -0.3 is 14.5 Å². The molecule has 2 saturated heterocycles. The van der Waals surface area contributed by atoms with Crippen molar-refractivity contribution in [1.82, 2.24) is 9.80 Å². The Morgan fingerprint density at radius 3 is 2.19 bits per heavy atom. The van der Waals surface area contributed by atoms with Crippen molar-refractivity contribution in [2.75, 3.05) is 26.2 Å². The molecule has 21 heavy (non-hydrogen) atoms. The highest BCUT2D eigenvalue weighted by Gasteiger charge is 2.33. The van der Waals surface area contributed by atoms with Crippen LogP contribution in [-0.2, 0) is 9.53 Å². The van der Waals surface area contributed by atoms with Gasteiger partial charge in [-0.3, -0.25) is 4.79 Å². The molecule has 0 bridgehead atoms. The molecule has 2 heterocycles. The van der Waals surface area contributed by atoms with E-state index < -0.39 is 5.60 Å². The Kier molecular flexibility index (Phi) is 5.12. The smallest absolute Gasteiger partial charge is 0.410 e. The van der Waals surface area contributed by atoms with Crippen LogP contribution in [0.15, 0.2) is 0 Å². The molecule has 2 aliphatic rings. The Morgan fingerprint density at radius 1 is 0.952 bits per heavy atom. The lowest BCUT2D eigenvalue weighted by Crippen LogP contribution is -2.48. The fraction of sp³-hybridized carbons (Fsp3) is 0.875. The van der Waals surface area contributed by atoms with Crippen molar-refractivity contribution in [2.45, 2.75) is 58.5 Å². The minimum absolute atomic E-state index is 0.0515. The zero-order valence-electron chi connectivity index (χ0n) is 13.6. The maximum absolute atomic E-state index is 12.6. The van der Waals surface area contributed by atoms with Crippen LogP contribution in [0.25, 0.3) is 0 Å². The summed E-state index contributed by atoms with van der Waals surface area (Å²) in [6.07, 6.45) is 4.90. The van der Waals surface area contributed by atoms with Gasteiger partial charge >= 0.3 is 6.09 Å². The molecule has 1 unspecified atom stereocenters. The van der Waals surface area contributed by atoms with E-state index in [1.807, 2.05) is 25.7 Å². The SMILES string of the molecule is CC(C)(C)OC(=O)N1CCCC(C(=O)N2CCCCC2)C1. The number of ether oxygens (including phenoxy) is 1. The molecular formula is C16H28N2O3. The second-order valence-corrected chi connectivity index (χ2v) is 7.15. The Bertz CT molecular complexity index is 383. The van der Waals surface area contributed by atoms with Gasteiger partial charge in [0.05, 0.1) is 5.92 Å². The maximum atomic E-state index is 12.6. The van der Waals surface area contributed by atoms with Crippen LogP contribution in [0.2, 0.25) is 0 Å². The fourth-order valence-electron chi connectivity index (χ4n) is 3.04. The van der Waals surface area contributed by atoms with Crippen LogP contribution in [0.5, 0.6) is 0 Å². The van der Waals surface area contributed by atoms with E-state index in [9.17, 15) is 9.59 Å². The molecule has 0 aromatic carbocycles. The third-order valence-electron chi connectivity index (χ3n) is 4.09. The second kappa shape index (κ2) is 6.67. The Morgan fingerprint density at radius 2 is 1.57 bits per heavy atom. The first kappa shape index (κ1) is 16.1. The van der Waals surface area contributed by atoms with Gasteiger partial charge in [-0.05, 0) is 52.9 Å². The Balaban J connectivity index is 1.90. The van der Waals surface area contributed by atoms with Crippen molar-refractivity contribution >= 4 is 12.0 Å². The maximum Gasteiger partial charge on any atom is 0.410 e. The van der Waals surface area contributed by atoms with Crippen LogP contribution in [0.1, 0.15) is 52.9 Å². The number of carbonyl (C=O) groups is 2. The molecule has 5 heteroatoms. The minimum atomic E-state index is -0.485. The van der Waals surface area contributed by atoms with Gasteiger partial charge in [-0.15, -0.1) is 0 Å². The van der Waals surface area contributed by atoms with Crippen LogP contribution in [0.4, 0.5) is 4.79 Å². The summed E-state index contributed by atoms with van der Waals surface area (Å²) < 4.78 is 5.41. The molecule has 2 aliphatic heterocycles. The molecular weight excluding hydrogens is 268 g/mol. The lowest BCUT2D eigenvalue weighted by Gasteiger charge is -2.36. The molecule has 0 spiro atoms. The zero-order chi connectivity index (χ0) is 15.5. The average Bonchev–Trinajstić information content (AvgIpc) is 2.46. The third kappa shape index (κ3) is 4.61. The average molecular weight is 296 g/mol. The van der Waals surface area contributed by atoms with Gasteiger partial charge in [0.1, 0.15) is 5.60 Å². The molecule has 2 rings (SSSR count). The molecule has 0 aliphatic carbocycles. The molecule has 0 aromatic heterocycles. The van der Waals surface area contributed by atoms with Crippen LogP contribution in [-0.4, -0.2) is 53.6 Å². The van der Waals surface area contributed by atoms with Crippen LogP contribution in [0.3, 0.4) is 0 Å². The molecule has 0 saturated carbocycles. The van der Waals surface area contributed by atoms with E-state index in [1.54, 1.807) is 4.90 Å². The monoisotopic (exact) mass is 296 g/mol. The summed E-state index contributed by atoms with van der Waals surface area (Å²) in [5.41, 5.74) is -0.485. The van der Waals surface area contributed by atoms with Gasteiger partial charge in [0, 0.05) is 26.2 Å². The first-order chi connectivity index (χ1) is 9.87. The summed E-state index contributed by atoms with van der Waals surface area (Å²) in [6.45, 7) is 8.55. The lowest BCUT2D eigenvalue weighted by atomic mass is 9.96. The Hall–Kier alpha value is -1.26. The first-order valence-corrected chi connectivity index (χ1v) is 8.13. The highest BCUT2D eigenvalue weighted by molar-refractivity contribution is 5.80. The lowest BCUT2D eigenvalue weighted by molar-refractivity contribution is -0.138. The standard InChI is InChI=1S/C16H28N2O3/c1-16(2,3)21-15(20)18-11-7-8-13(12-18)14(19)17-9-5-4-6-10-17/h13H,4-12H2,1-3H3. The summed E-state index contributed by atoms with van der Waals surface area (Å²) in [4.78, 5) is 28.4. The van der Waals surface area contributed by atoms with Gasteiger partial charge in [0.15, 0.2) is 0 Å². The molecule has 2 fully saturated rings. The highest BCUT2D eigenvalue weighted by atomic mass is 16.6. The second-order valence-electron chi connectivity index (χ2n) is 7.15. The molecule has 5 nitrogen and oxygen atoms in total. The van der Waals surface area contributed by atoms with Gasteiger partial charge in [-0.1, -0.05) is 0 Å². The van der Waals surface area contributed by atoms with Crippen molar-refractivity contribution < 1.29 is 14.3 Å². The van der Waals surface area contributed by atoms with Crippen molar-refractivity contribution in [3.8, 4) is 0 Å². The number of carbonyl (C=O) groups excluding carboxylic acids is 2. The summed E-state index contributed by atoms with van der Waals surface area (Å²) in [5, 5.41) is 0. The minimum Gasteiger partial charge on any atom is -0.444 e. The normalized spacial score (nSPS) is 23.9. The fourth-order valence-corrected chi connectivity index (χ4v) is 3.04. The number of hydrogen-bond acceptors (Lipinski definition) is 3. The molecule has 0 aromatic rings. The predicted octanol–water partition coefficient (Wildman–Crippen LogP) is 2.65. The molecule has 1 atom stereocenters. The van der Waals surface area contributed by atoms with Gasteiger partial charge in [0.2, 0.25) is 5.91 Å². The van der Waals surface area contributed by atoms with Gasteiger partial charge in [-0.25, -0.2) is 4.79 Å². The van der Waals surface area contributed by atoms with Gasteiger partial charge in [-0.2, -0.15) is 0 Å². The summed E-state index contributed by atoms with van der Waals surface area (Å²) in [6, 6.07) is 0. The van der Waals surface area contributed by atoms with E-state index in [4.69, 9.17) is 4.74 Å². The third-order valence-corrected chi connectivity index (χ3v) is 4.09. The topological polar surface area (TPSA) is 49.9 Å². The van der Waals surface area contributed by atoms with E-state index >= 15 is 0 Å². The number of piperidine rings is 2. The van der Waals surface area contributed by atoms with Crippen molar-refractivity contribution in [2.24, 2.45) is 5.92 Å². The van der Waals surface area contributed by atoms with E-state index in [0.29, 0.717) is 13.1 Å². The van der Waals surface area contributed by atoms with E-state index in [2.05, 4.69) is 0 Å². The zero-order valence-corrected chi connectivity index (χ0v) is 13.6. The Labute approximate surface area is 127 Å². The quantitative estimate of drug-likeness (QED) is 0.747.